The summed E-state index contributed by atoms with van der Waals surface area (Å²) in [5.41, 5.74) is 7.11. The lowest BCUT2D eigenvalue weighted by Gasteiger charge is -2.13. The highest BCUT2D eigenvalue weighted by Gasteiger charge is 2.19. The largest absolute Gasteiger partial charge is 0.320 e. The molecule has 0 saturated heterocycles. The number of nitrogens with one attached hydrogen (secondary N) is 1. The van der Waals surface area contributed by atoms with Crippen LogP contribution in [0.4, 0.5) is 0 Å². The van der Waals surface area contributed by atoms with Gasteiger partial charge in [-0.25, -0.2) is 15.0 Å². The van der Waals surface area contributed by atoms with Gasteiger partial charge in [0.2, 0.25) is 0 Å². The van der Waals surface area contributed by atoms with E-state index < -0.39 is 0 Å². The van der Waals surface area contributed by atoms with Crippen molar-refractivity contribution in [2.24, 2.45) is 5.73 Å². The van der Waals surface area contributed by atoms with E-state index in [2.05, 4.69) is 20.3 Å². The summed E-state index contributed by atoms with van der Waals surface area (Å²) in [7, 11) is 0. The second-order valence-corrected chi connectivity index (χ2v) is 4.39. The van der Waals surface area contributed by atoms with Crippen LogP contribution in [-0.2, 0) is 6.54 Å². The molecular formula is C12H14N6O. The normalized spacial score (nSPS) is 18.7. The maximum Gasteiger partial charge on any atom is 0.254 e. The number of fused-ring (bicyclic) bond motifs is 1. The second kappa shape index (κ2) is 4.87. The Balaban J connectivity index is 2.15. The van der Waals surface area contributed by atoms with Gasteiger partial charge in [0.1, 0.15) is 12.2 Å². The average molecular weight is 258 g/mol. The molecule has 1 unspecified atom stereocenters. The monoisotopic (exact) mass is 258 g/mol. The Bertz CT molecular complexity index is 638. The molecule has 3 heterocycles. The minimum atomic E-state index is -0.294. The quantitative estimate of drug-likeness (QED) is 0.702. The summed E-state index contributed by atoms with van der Waals surface area (Å²) in [6.45, 7) is 1.91. The molecule has 0 radical (unpaired) electrons. The summed E-state index contributed by atoms with van der Waals surface area (Å²) < 4.78 is 1.62. The van der Waals surface area contributed by atoms with Gasteiger partial charge < -0.3 is 11.1 Å². The van der Waals surface area contributed by atoms with Crippen LogP contribution < -0.4 is 16.6 Å². The topological polar surface area (TPSA) is 98.7 Å². The Hall–Kier alpha value is -2.12. The third-order valence-electron chi connectivity index (χ3n) is 3.09. The Labute approximate surface area is 109 Å². The van der Waals surface area contributed by atoms with Gasteiger partial charge in [-0.15, -0.1) is 0 Å². The molecule has 0 aliphatic carbocycles. The van der Waals surface area contributed by atoms with Crippen molar-refractivity contribution in [1.29, 1.82) is 0 Å². The fraction of sp³-hybridized carbons (Fsp3) is 0.333. The van der Waals surface area contributed by atoms with Gasteiger partial charge >= 0.3 is 0 Å². The van der Waals surface area contributed by atoms with Crippen LogP contribution in [0, 0.1) is 0 Å². The van der Waals surface area contributed by atoms with Crippen molar-refractivity contribution < 1.29 is 0 Å². The Kier molecular flexibility index (Phi) is 3.06. The highest BCUT2D eigenvalue weighted by molar-refractivity contribution is 5.52. The lowest BCUT2D eigenvalue weighted by atomic mass is 10.2. The van der Waals surface area contributed by atoms with Crippen LogP contribution in [0.15, 0.2) is 29.5 Å². The third kappa shape index (κ3) is 2.25. The summed E-state index contributed by atoms with van der Waals surface area (Å²) in [5, 5.41) is 3.18. The number of hydrogen-bond donors (Lipinski definition) is 2. The van der Waals surface area contributed by atoms with Gasteiger partial charge in [-0.1, -0.05) is 0 Å². The van der Waals surface area contributed by atoms with Crippen LogP contribution in [0.25, 0.3) is 11.4 Å². The number of aromatic nitrogens is 4. The molecule has 0 saturated carbocycles. The second-order valence-electron chi connectivity index (χ2n) is 4.39. The molecular weight excluding hydrogens is 244 g/mol. The fourth-order valence-electron chi connectivity index (χ4n) is 2.14. The molecule has 3 N–H and O–H groups in total. The summed E-state index contributed by atoms with van der Waals surface area (Å²) in [4.78, 5) is 24.6. The Morgan fingerprint density at radius 1 is 1.42 bits per heavy atom. The molecule has 3 rings (SSSR count). The van der Waals surface area contributed by atoms with Gasteiger partial charge in [0.25, 0.3) is 5.56 Å². The van der Waals surface area contributed by atoms with Crippen LogP contribution in [0.1, 0.15) is 11.9 Å². The summed E-state index contributed by atoms with van der Waals surface area (Å²) in [6, 6.07) is 2.92. The summed E-state index contributed by atoms with van der Waals surface area (Å²) >= 11 is 0. The molecule has 0 spiro atoms. The third-order valence-corrected chi connectivity index (χ3v) is 3.09. The first-order chi connectivity index (χ1) is 9.25. The molecule has 7 nitrogen and oxygen atoms in total. The van der Waals surface area contributed by atoms with E-state index >= 15 is 0 Å². The van der Waals surface area contributed by atoms with Gasteiger partial charge in [0.15, 0.2) is 0 Å². The predicted molar refractivity (Wildman–Crippen MR) is 69.3 cm³/mol. The summed E-state index contributed by atoms with van der Waals surface area (Å²) in [6.07, 6.45) is 3.05. The predicted octanol–water partition coefficient (Wildman–Crippen LogP) is -0.697. The Morgan fingerprint density at radius 3 is 3.11 bits per heavy atom. The van der Waals surface area contributed by atoms with Gasteiger partial charge in [0.05, 0.1) is 17.4 Å². The molecule has 19 heavy (non-hydrogen) atoms. The molecule has 0 bridgehead atoms. The van der Waals surface area contributed by atoms with E-state index in [9.17, 15) is 4.79 Å². The molecule has 7 heteroatoms. The number of hydrogen-bond acceptors (Lipinski definition) is 6. The lowest BCUT2D eigenvalue weighted by Crippen LogP contribution is -2.29. The SMILES string of the molecule is NC1CNCCn2c1nc(-c1ccncn1)cc2=O. The van der Waals surface area contributed by atoms with E-state index in [0.717, 1.165) is 6.54 Å². The molecule has 1 atom stereocenters. The van der Waals surface area contributed by atoms with Gasteiger partial charge in [-0.05, 0) is 6.07 Å². The fourth-order valence-corrected chi connectivity index (χ4v) is 2.14. The van der Waals surface area contributed by atoms with Gasteiger partial charge in [-0.2, -0.15) is 0 Å². The zero-order chi connectivity index (χ0) is 13.2. The van der Waals surface area contributed by atoms with Crippen LogP contribution in [0.3, 0.4) is 0 Å². The molecule has 1 aliphatic heterocycles. The molecule has 2 aromatic rings. The number of nitrogens with zero attached hydrogens (tertiary/aromatic N) is 4. The zero-order valence-electron chi connectivity index (χ0n) is 10.3. The van der Waals surface area contributed by atoms with Crippen LogP contribution in [0.5, 0.6) is 0 Å². The van der Waals surface area contributed by atoms with Gasteiger partial charge in [-0.3, -0.25) is 9.36 Å². The van der Waals surface area contributed by atoms with Crippen molar-refractivity contribution >= 4 is 0 Å². The van der Waals surface area contributed by atoms with Crippen molar-refractivity contribution in [1.82, 2.24) is 24.8 Å². The highest BCUT2D eigenvalue weighted by atomic mass is 16.1. The van der Waals surface area contributed by atoms with Crippen LogP contribution in [-0.4, -0.2) is 32.6 Å². The molecule has 1 aliphatic rings. The van der Waals surface area contributed by atoms with Crippen molar-refractivity contribution in [3.05, 3.63) is 40.8 Å². The van der Waals surface area contributed by atoms with E-state index in [4.69, 9.17) is 5.73 Å². The van der Waals surface area contributed by atoms with E-state index in [1.807, 2.05) is 0 Å². The van der Waals surface area contributed by atoms with E-state index in [1.54, 1.807) is 16.8 Å². The molecule has 98 valence electrons. The average Bonchev–Trinajstić information content (AvgIpc) is 2.63. The van der Waals surface area contributed by atoms with E-state index in [1.165, 1.54) is 12.4 Å². The van der Waals surface area contributed by atoms with Crippen LogP contribution in [0.2, 0.25) is 0 Å². The first-order valence-corrected chi connectivity index (χ1v) is 6.10. The van der Waals surface area contributed by atoms with E-state index in [-0.39, 0.29) is 11.6 Å². The van der Waals surface area contributed by atoms with Crippen molar-refractivity contribution in [3.63, 3.8) is 0 Å². The van der Waals surface area contributed by atoms with Crippen LogP contribution >= 0.6 is 0 Å². The summed E-state index contributed by atoms with van der Waals surface area (Å²) in [5.74, 6) is 0.603. The smallest absolute Gasteiger partial charge is 0.254 e. The minimum absolute atomic E-state index is 0.0993. The van der Waals surface area contributed by atoms with E-state index in [0.29, 0.717) is 30.3 Å². The molecule has 0 fully saturated rings. The van der Waals surface area contributed by atoms with Crippen molar-refractivity contribution in [2.45, 2.75) is 12.6 Å². The number of nitrogens with two attached hydrogens (primary N) is 1. The first kappa shape index (κ1) is 11.9. The zero-order valence-corrected chi connectivity index (χ0v) is 10.3. The molecule has 2 aromatic heterocycles. The molecule has 0 aromatic carbocycles. The molecule has 0 amide bonds. The number of rotatable bonds is 1. The Morgan fingerprint density at radius 2 is 2.32 bits per heavy atom. The minimum Gasteiger partial charge on any atom is -0.320 e. The first-order valence-electron chi connectivity index (χ1n) is 6.10. The maximum atomic E-state index is 12.2. The standard InChI is InChI=1S/C12H14N6O/c13-8-6-14-3-4-18-11(19)5-10(17-12(8)18)9-1-2-15-7-16-9/h1-2,5,7-8,14H,3-4,6,13H2. The highest BCUT2D eigenvalue weighted by Crippen LogP contribution is 2.15. The van der Waals surface area contributed by atoms with Crippen molar-refractivity contribution in [3.8, 4) is 11.4 Å². The van der Waals surface area contributed by atoms with Crippen molar-refractivity contribution in [2.75, 3.05) is 13.1 Å². The van der Waals surface area contributed by atoms with Gasteiger partial charge in [0, 0.05) is 31.9 Å². The maximum absolute atomic E-state index is 12.2. The lowest BCUT2D eigenvalue weighted by molar-refractivity contribution is 0.615.